The predicted molar refractivity (Wildman–Crippen MR) is 111 cm³/mol. The van der Waals surface area contributed by atoms with Crippen molar-refractivity contribution in [3.8, 4) is 0 Å². The lowest BCUT2D eigenvalue weighted by Gasteiger charge is -2.14. The van der Waals surface area contributed by atoms with Gasteiger partial charge in [-0.3, -0.25) is 9.52 Å². The van der Waals surface area contributed by atoms with E-state index >= 15 is 0 Å². The fourth-order valence-electron chi connectivity index (χ4n) is 2.78. The third-order valence-electron chi connectivity index (χ3n) is 4.32. The van der Waals surface area contributed by atoms with Gasteiger partial charge in [0.05, 0.1) is 10.6 Å². The molecule has 0 aliphatic rings. The van der Waals surface area contributed by atoms with Crippen LogP contribution in [0.3, 0.4) is 0 Å². The van der Waals surface area contributed by atoms with Crippen LogP contribution in [0.15, 0.2) is 41.3 Å². The quantitative estimate of drug-likeness (QED) is 0.626. The van der Waals surface area contributed by atoms with E-state index in [2.05, 4.69) is 10.0 Å². The monoisotopic (exact) mass is 404 g/mol. The van der Waals surface area contributed by atoms with Crippen LogP contribution in [-0.2, 0) is 14.8 Å². The van der Waals surface area contributed by atoms with Crippen LogP contribution in [0.4, 0.5) is 5.69 Å². The summed E-state index contributed by atoms with van der Waals surface area (Å²) in [6, 6.07) is 10.2. The number of rotatable bonds is 9. The molecule has 2 aromatic rings. The van der Waals surface area contributed by atoms with Gasteiger partial charge in [0.15, 0.2) is 0 Å². The third-order valence-corrected chi connectivity index (χ3v) is 5.83. The maximum absolute atomic E-state index is 12.9. The molecule has 2 N–H and O–H groups in total. The van der Waals surface area contributed by atoms with Crippen molar-refractivity contribution in [2.24, 2.45) is 0 Å². The van der Waals surface area contributed by atoms with Crippen LogP contribution in [0.5, 0.6) is 0 Å². The van der Waals surface area contributed by atoms with Gasteiger partial charge in [-0.15, -0.1) is 0 Å². The van der Waals surface area contributed by atoms with Crippen molar-refractivity contribution in [3.05, 3.63) is 58.7 Å². The zero-order valence-corrected chi connectivity index (χ0v) is 17.7. The second-order valence-electron chi connectivity index (χ2n) is 6.71. The van der Waals surface area contributed by atoms with Gasteiger partial charge in [-0.05, 0) is 63.4 Å². The fourth-order valence-corrected chi connectivity index (χ4v) is 4.18. The first-order valence-electron chi connectivity index (χ1n) is 9.31. The Morgan fingerprint density at radius 3 is 2.46 bits per heavy atom. The normalized spacial score (nSPS) is 11.3. The summed E-state index contributed by atoms with van der Waals surface area (Å²) in [6.07, 6.45) is 0.699. The summed E-state index contributed by atoms with van der Waals surface area (Å²) in [5, 5.41) is 2.79. The number of ether oxygens (including phenoxy) is 1. The lowest BCUT2D eigenvalue weighted by Crippen LogP contribution is -2.26. The van der Waals surface area contributed by atoms with Crippen molar-refractivity contribution >= 4 is 21.6 Å². The van der Waals surface area contributed by atoms with Crippen molar-refractivity contribution in [1.29, 1.82) is 0 Å². The SMILES string of the molecule is CCOCCCNC(=O)c1ccc(C)c(S(=O)(=O)Nc2ccc(C)cc2C)c1. The lowest BCUT2D eigenvalue weighted by atomic mass is 10.1. The summed E-state index contributed by atoms with van der Waals surface area (Å²) in [5.41, 5.74) is 3.30. The Morgan fingerprint density at radius 2 is 1.79 bits per heavy atom. The highest BCUT2D eigenvalue weighted by Gasteiger charge is 2.20. The predicted octanol–water partition coefficient (Wildman–Crippen LogP) is 3.57. The van der Waals surface area contributed by atoms with E-state index in [1.165, 1.54) is 6.07 Å². The topological polar surface area (TPSA) is 84.5 Å². The molecule has 0 aliphatic carbocycles. The van der Waals surface area contributed by atoms with Gasteiger partial charge >= 0.3 is 0 Å². The average Bonchev–Trinajstić information content (AvgIpc) is 2.64. The molecule has 6 nitrogen and oxygen atoms in total. The zero-order valence-electron chi connectivity index (χ0n) is 16.8. The fraction of sp³-hybridized carbons (Fsp3) is 0.381. The molecule has 0 heterocycles. The molecule has 2 rings (SSSR count). The molecule has 7 heteroatoms. The van der Waals surface area contributed by atoms with Crippen LogP contribution in [0.2, 0.25) is 0 Å². The molecule has 0 saturated carbocycles. The van der Waals surface area contributed by atoms with Gasteiger partial charge in [0, 0.05) is 25.3 Å². The minimum atomic E-state index is -3.82. The van der Waals surface area contributed by atoms with Crippen LogP contribution >= 0.6 is 0 Å². The van der Waals surface area contributed by atoms with Gasteiger partial charge in [0.1, 0.15) is 0 Å². The Morgan fingerprint density at radius 1 is 1.04 bits per heavy atom. The summed E-state index contributed by atoms with van der Waals surface area (Å²) in [4.78, 5) is 12.4. The lowest BCUT2D eigenvalue weighted by molar-refractivity contribution is 0.0944. The standard InChI is InChI=1S/C21H28N2O4S/c1-5-27-12-6-11-22-21(24)18-9-8-16(3)20(14-18)28(25,26)23-19-10-7-15(2)13-17(19)4/h7-10,13-14,23H,5-6,11-12H2,1-4H3,(H,22,24). The van der Waals surface area contributed by atoms with Crippen molar-refractivity contribution in [2.45, 2.75) is 39.0 Å². The number of carbonyl (C=O) groups excluding carboxylic acids is 1. The van der Waals surface area contributed by atoms with Crippen LogP contribution in [0.25, 0.3) is 0 Å². The van der Waals surface area contributed by atoms with Crippen LogP contribution in [0, 0.1) is 20.8 Å². The van der Waals surface area contributed by atoms with Crippen molar-refractivity contribution < 1.29 is 17.9 Å². The summed E-state index contributed by atoms with van der Waals surface area (Å²) in [7, 11) is -3.82. The molecule has 0 atom stereocenters. The first kappa shape index (κ1) is 21.9. The minimum absolute atomic E-state index is 0.0921. The first-order valence-corrected chi connectivity index (χ1v) is 10.8. The molecular weight excluding hydrogens is 376 g/mol. The van der Waals surface area contributed by atoms with Gasteiger partial charge in [-0.1, -0.05) is 23.8 Å². The highest BCUT2D eigenvalue weighted by atomic mass is 32.2. The number of amides is 1. The van der Waals surface area contributed by atoms with Gasteiger partial charge in [0.2, 0.25) is 0 Å². The maximum atomic E-state index is 12.9. The van der Waals surface area contributed by atoms with E-state index in [1.54, 1.807) is 25.1 Å². The van der Waals surface area contributed by atoms with Crippen LogP contribution in [-0.4, -0.2) is 34.1 Å². The first-order chi connectivity index (χ1) is 13.2. The molecule has 0 unspecified atom stereocenters. The van der Waals surface area contributed by atoms with E-state index in [9.17, 15) is 13.2 Å². The Hall–Kier alpha value is -2.38. The second kappa shape index (κ2) is 9.71. The second-order valence-corrected chi connectivity index (χ2v) is 8.36. The number of hydrogen-bond donors (Lipinski definition) is 2. The van der Waals surface area contributed by atoms with Gasteiger partial charge in [-0.2, -0.15) is 0 Å². The molecule has 152 valence electrons. The molecule has 0 bridgehead atoms. The molecular formula is C21H28N2O4S. The van der Waals surface area contributed by atoms with E-state index < -0.39 is 10.0 Å². The van der Waals surface area contributed by atoms with Crippen molar-refractivity contribution in [3.63, 3.8) is 0 Å². The van der Waals surface area contributed by atoms with Gasteiger partial charge in [0.25, 0.3) is 15.9 Å². The number of sulfonamides is 1. The van der Waals surface area contributed by atoms with E-state index in [0.717, 1.165) is 11.1 Å². The number of nitrogens with one attached hydrogen (secondary N) is 2. The minimum Gasteiger partial charge on any atom is -0.382 e. The third kappa shape index (κ3) is 5.81. The largest absolute Gasteiger partial charge is 0.382 e. The molecule has 0 radical (unpaired) electrons. The zero-order chi connectivity index (χ0) is 20.7. The van der Waals surface area contributed by atoms with E-state index in [4.69, 9.17) is 4.74 Å². The molecule has 2 aromatic carbocycles. The van der Waals surface area contributed by atoms with E-state index in [0.29, 0.717) is 43.0 Å². The highest BCUT2D eigenvalue weighted by Crippen LogP contribution is 2.23. The Bertz CT molecular complexity index is 939. The number of anilines is 1. The van der Waals surface area contributed by atoms with Gasteiger partial charge in [-0.25, -0.2) is 8.42 Å². The maximum Gasteiger partial charge on any atom is 0.262 e. The van der Waals surface area contributed by atoms with Gasteiger partial charge < -0.3 is 10.1 Å². The Labute approximate surface area is 167 Å². The summed E-state index contributed by atoms with van der Waals surface area (Å²) < 4.78 is 33.7. The Kier molecular flexibility index (Phi) is 7.60. The average molecular weight is 405 g/mol. The highest BCUT2D eigenvalue weighted by molar-refractivity contribution is 7.92. The smallest absolute Gasteiger partial charge is 0.262 e. The summed E-state index contributed by atoms with van der Waals surface area (Å²) in [6.45, 7) is 9.11. The van der Waals surface area contributed by atoms with Crippen LogP contribution in [0.1, 0.15) is 40.4 Å². The molecule has 0 saturated heterocycles. The number of carbonyl (C=O) groups is 1. The van der Waals surface area contributed by atoms with E-state index in [-0.39, 0.29) is 10.8 Å². The molecule has 0 aromatic heterocycles. The number of benzene rings is 2. The Balaban J connectivity index is 2.18. The van der Waals surface area contributed by atoms with E-state index in [1.807, 2.05) is 32.9 Å². The van der Waals surface area contributed by atoms with Crippen molar-refractivity contribution in [1.82, 2.24) is 5.32 Å². The number of hydrogen-bond acceptors (Lipinski definition) is 4. The summed E-state index contributed by atoms with van der Waals surface area (Å²) in [5.74, 6) is -0.306. The molecule has 0 fully saturated rings. The van der Waals surface area contributed by atoms with Crippen LogP contribution < -0.4 is 10.0 Å². The molecule has 0 spiro atoms. The molecule has 28 heavy (non-hydrogen) atoms. The molecule has 0 aliphatic heterocycles. The molecule has 1 amide bonds. The van der Waals surface area contributed by atoms with Crippen molar-refractivity contribution in [2.75, 3.05) is 24.5 Å². The number of aryl methyl sites for hydroxylation is 3. The summed E-state index contributed by atoms with van der Waals surface area (Å²) >= 11 is 0.